The van der Waals surface area contributed by atoms with Crippen LogP contribution in [-0.4, -0.2) is 38.5 Å². The quantitative estimate of drug-likeness (QED) is 0.566. The Bertz CT molecular complexity index is 1180. The number of hydrogen-bond donors (Lipinski definition) is 2. The summed E-state index contributed by atoms with van der Waals surface area (Å²) in [6, 6.07) is 9.19. The van der Waals surface area contributed by atoms with Crippen molar-refractivity contribution in [1.29, 1.82) is 0 Å². The van der Waals surface area contributed by atoms with Gasteiger partial charge in [0.1, 0.15) is 5.82 Å². The predicted octanol–water partition coefficient (Wildman–Crippen LogP) is 2.87. The van der Waals surface area contributed by atoms with Crippen molar-refractivity contribution in [3.05, 3.63) is 41.7 Å². The zero-order valence-electron chi connectivity index (χ0n) is 15.7. The molecule has 0 saturated heterocycles. The van der Waals surface area contributed by atoms with Crippen LogP contribution in [0.4, 0.5) is 11.5 Å². The van der Waals surface area contributed by atoms with Gasteiger partial charge in [-0.05, 0) is 41.9 Å². The minimum Gasteiger partial charge on any atom is -0.493 e. The average molecular weight is 437 g/mol. The van der Waals surface area contributed by atoms with Gasteiger partial charge in [0.25, 0.3) is 10.0 Å². The molecule has 152 valence electrons. The molecule has 0 fully saturated rings. The molecule has 0 aliphatic rings. The fraction of sp³-hybridized carbons (Fsp3) is 0.167. The van der Waals surface area contributed by atoms with E-state index in [-0.39, 0.29) is 10.2 Å². The number of halogens is 1. The van der Waals surface area contributed by atoms with Crippen LogP contribution in [-0.2, 0) is 14.8 Å². The monoisotopic (exact) mass is 436 g/mol. The largest absolute Gasteiger partial charge is 0.493 e. The first-order valence-corrected chi connectivity index (χ1v) is 10.1. The molecular formula is C18H17ClN4O5S. The summed E-state index contributed by atoms with van der Waals surface area (Å²) in [6.07, 6.45) is 0. The molecular weight excluding hydrogens is 420 g/mol. The molecule has 3 aromatic rings. The number of ether oxygens (including phenoxy) is 2. The van der Waals surface area contributed by atoms with Gasteiger partial charge in [0.15, 0.2) is 11.5 Å². The number of hydrogen-bond acceptors (Lipinski definition) is 8. The number of fused-ring (bicyclic) bond motifs is 1. The summed E-state index contributed by atoms with van der Waals surface area (Å²) >= 11 is 6.04. The summed E-state index contributed by atoms with van der Waals surface area (Å²) in [5.74, 6) is 0.719. The van der Waals surface area contributed by atoms with Gasteiger partial charge in [0.2, 0.25) is 11.2 Å². The molecule has 0 bridgehead atoms. The van der Waals surface area contributed by atoms with Crippen molar-refractivity contribution in [2.75, 3.05) is 19.5 Å². The summed E-state index contributed by atoms with van der Waals surface area (Å²) in [7, 11) is -0.880. The first-order chi connectivity index (χ1) is 13.7. The van der Waals surface area contributed by atoms with E-state index in [1.807, 2.05) is 4.72 Å². The number of anilines is 2. The van der Waals surface area contributed by atoms with Crippen molar-refractivity contribution in [3.63, 3.8) is 0 Å². The van der Waals surface area contributed by atoms with Crippen molar-refractivity contribution < 1.29 is 22.7 Å². The van der Waals surface area contributed by atoms with Crippen LogP contribution in [0.5, 0.6) is 11.5 Å². The van der Waals surface area contributed by atoms with Crippen LogP contribution in [0.1, 0.15) is 6.92 Å². The summed E-state index contributed by atoms with van der Waals surface area (Å²) in [5.41, 5.74) is 1.09. The van der Waals surface area contributed by atoms with E-state index in [4.69, 9.17) is 21.1 Å². The average Bonchev–Trinajstić information content (AvgIpc) is 2.66. The normalized spacial score (nSPS) is 11.2. The second kappa shape index (κ2) is 8.10. The number of aromatic nitrogens is 2. The smallest absolute Gasteiger partial charge is 0.264 e. The Kier molecular flexibility index (Phi) is 5.76. The van der Waals surface area contributed by atoms with E-state index in [0.29, 0.717) is 33.9 Å². The molecule has 11 heteroatoms. The Balaban J connectivity index is 1.98. The molecule has 3 rings (SSSR count). The van der Waals surface area contributed by atoms with Gasteiger partial charge in [-0.2, -0.15) is 4.98 Å². The molecule has 0 atom stereocenters. The maximum absolute atomic E-state index is 12.0. The number of rotatable bonds is 6. The van der Waals surface area contributed by atoms with Crippen LogP contribution >= 0.6 is 11.6 Å². The van der Waals surface area contributed by atoms with Gasteiger partial charge in [-0.1, -0.05) is 0 Å². The molecule has 1 amide bonds. The first kappa shape index (κ1) is 20.6. The molecule has 1 heterocycles. The predicted molar refractivity (Wildman–Crippen MR) is 108 cm³/mol. The third kappa shape index (κ3) is 4.49. The fourth-order valence-corrected chi connectivity index (χ4v) is 3.79. The molecule has 0 aliphatic carbocycles. The Morgan fingerprint density at radius 3 is 2.24 bits per heavy atom. The maximum atomic E-state index is 12.0. The van der Waals surface area contributed by atoms with Crippen molar-refractivity contribution in [2.24, 2.45) is 0 Å². The molecule has 2 N–H and O–H groups in total. The maximum Gasteiger partial charge on any atom is 0.264 e. The zero-order valence-corrected chi connectivity index (χ0v) is 17.3. The lowest BCUT2D eigenvalue weighted by molar-refractivity contribution is -0.117. The fourth-order valence-electron chi connectivity index (χ4n) is 2.62. The van der Waals surface area contributed by atoms with Crippen LogP contribution in [0.3, 0.4) is 0 Å². The summed E-state index contributed by atoms with van der Waals surface area (Å²) in [5, 5.41) is 3.73. The van der Waals surface area contributed by atoms with E-state index >= 15 is 0 Å². The molecule has 0 saturated carbocycles. The van der Waals surface area contributed by atoms with E-state index < -0.39 is 15.9 Å². The van der Waals surface area contributed by atoms with Crippen LogP contribution in [0.25, 0.3) is 10.9 Å². The molecule has 9 nitrogen and oxygen atoms in total. The molecule has 29 heavy (non-hydrogen) atoms. The standard InChI is InChI=1S/C18H17ClN4O5S/c1-10(24)23-29(25,26)12-6-4-11(5-7-12)20-17-13-8-15(27-2)16(28-3)9-14(13)21-18(19)22-17/h4-9H,1-3H3,(H,23,24)(H,20,21,22). The highest BCUT2D eigenvalue weighted by atomic mass is 35.5. The first-order valence-electron chi connectivity index (χ1n) is 8.23. The molecule has 0 unspecified atom stereocenters. The third-order valence-corrected chi connectivity index (χ3v) is 5.50. The van der Waals surface area contributed by atoms with Gasteiger partial charge in [0, 0.05) is 24.1 Å². The summed E-state index contributed by atoms with van der Waals surface area (Å²) < 4.78 is 36.6. The van der Waals surface area contributed by atoms with Crippen molar-refractivity contribution >= 4 is 49.9 Å². The molecule has 0 aliphatic heterocycles. The second-order valence-electron chi connectivity index (χ2n) is 5.88. The number of nitrogens with zero attached hydrogens (tertiary/aromatic N) is 2. The lowest BCUT2D eigenvalue weighted by Crippen LogP contribution is -2.28. The van der Waals surface area contributed by atoms with Crippen LogP contribution in [0.15, 0.2) is 41.3 Å². The molecule has 0 spiro atoms. The Hall–Kier alpha value is -3.11. The van der Waals surface area contributed by atoms with Gasteiger partial charge in [-0.3, -0.25) is 4.79 Å². The van der Waals surface area contributed by atoms with E-state index in [9.17, 15) is 13.2 Å². The number of benzene rings is 2. The number of carbonyl (C=O) groups excluding carboxylic acids is 1. The summed E-state index contributed by atoms with van der Waals surface area (Å²) in [4.78, 5) is 19.4. The number of sulfonamides is 1. The Morgan fingerprint density at radius 2 is 1.66 bits per heavy atom. The number of methoxy groups -OCH3 is 2. The van der Waals surface area contributed by atoms with Gasteiger partial charge >= 0.3 is 0 Å². The van der Waals surface area contributed by atoms with Crippen molar-refractivity contribution in [1.82, 2.24) is 14.7 Å². The van der Waals surface area contributed by atoms with Crippen LogP contribution in [0.2, 0.25) is 5.28 Å². The summed E-state index contributed by atoms with van der Waals surface area (Å²) in [6.45, 7) is 1.13. The van der Waals surface area contributed by atoms with Gasteiger partial charge in [0.05, 0.1) is 24.6 Å². The minimum absolute atomic E-state index is 0.0251. The van der Waals surface area contributed by atoms with Crippen LogP contribution in [0, 0.1) is 0 Å². The second-order valence-corrected chi connectivity index (χ2v) is 7.90. The lowest BCUT2D eigenvalue weighted by atomic mass is 10.2. The third-order valence-electron chi connectivity index (χ3n) is 3.88. The highest BCUT2D eigenvalue weighted by Crippen LogP contribution is 2.35. The van der Waals surface area contributed by atoms with Gasteiger partial charge in [-0.25, -0.2) is 18.1 Å². The molecule has 0 radical (unpaired) electrons. The zero-order chi connectivity index (χ0) is 21.2. The van der Waals surface area contributed by atoms with E-state index in [0.717, 1.165) is 6.92 Å². The SMILES string of the molecule is COc1cc2nc(Cl)nc(Nc3ccc(S(=O)(=O)NC(C)=O)cc3)c2cc1OC. The van der Waals surface area contributed by atoms with Crippen LogP contribution < -0.4 is 19.5 Å². The molecule has 2 aromatic carbocycles. The van der Waals surface area contributed by atoms with E-state index in [2.05, 4.69) is 15.3 Å². The Labute approximate surface area is 172 Å². The highest BCUT2D eigenvalue weighted by Gasteiger charge is 2.16. The number of carbonyl (C=O) groups is 1. The van der Waals surface area contributed by atoms with Gasteiger partial charge in [-0.15, -0.1) is 0 Å². The van der Waals surface area contributed by atoms with E-state index in [1.165, 1.54) is 38.5 Å². The minimum atomic E-state index is -3.91. The van der Waals surface area contributed by atoms with Crippen molar-refractivity contribution in [2.45, 2.75) is 11.8 Å². The number of nitrogens with one attached hydrogen (secondary N) is 2. The topological polar surface area (TPSA) is 120 Å². The number of amides is 1. The lowest BCUT2D eigenvalue weighted by Gasteiger charge is -2.13. The molecule has 1 aromatic heterocycles. The highest BCUT2D eigenvalue weighted by molar-refractivity contribution is 7.90. The van der Waals surface area contributed by atoms with Crippen molar-refractivity contribution in [3.8, 4) is 11.5 Å². The Morgan fingerprint density at radius 1 is 1.03 bits per heavy atom. The van der Waals surface area contributed by atoms with Gasteiger partial charge < -0.3 is 14.8 Å². The van der Waals surface area contributed by atoms with E-state index in [1.54, 1.807) is 12.1 Å².